The van der Waals surface area contributed by atoms with E-state index in [1.807, 2.05) is 17.8 Å². The quantitative estimate of drug-likeness (QED) is 0.446. The third-order valence-electron chi connectivity index (χ3n) is 2.96. The molecule has 1 rings (SSSR count). The molecule has 5 nitrogen and oxygen atoms in total. The van der Waals surface area contributed by atoms with Crippen LogP contribution in [0.4, 0.5) is 0 Å². The average Bonchev–Trinajstić information content (AvgIpc) is 2.82. The summed E-state index contributed by atoms with van der Waals surface area (Å²) in [7, 11) is 2.06. The van der Waals surface area contributed by atoms with Crippen LogP contribution in [0.1, 0.15) is 29.5 Å². The summed E-state index contributed by atoms with van der Waals surface area (Å²) in [5.41, 5.74) is 2.96. The summed E-state index contributed by atoms with van der Waals surface area (Å²) in [5, 5.41) is 0. The number of furan rings is 1. The molecule has 1 heterocycles. The monoisotopic (exact) mass is 271 g/mol. The third-order valence-corrected chi connectivity index (χ3v) is 3.68. The molecule has 0 saturated heterocycles. The molecule has 0 bridgehead atoms. The van der Waals surface area contributed by atoms with Gasteiger partial charge >= 0.3 is 5.91 Å². The van der Waals surface area contributed by atoms with E-state index in [2.05, 4.69) is 30.6 Å². The maximum atomic E-state index is 11.5. The van der Waals surface area contributed by atoms with Gasteiger partial charge in [-0.1, -0.05) is 6.92 Å². The fourth-order valence-electron chi connectivity index (χ4n) is 1.87. The molecule has 3 N–H and O–H groups in total. The number of nitrogens with two attached hydrogens (primary N) is 1. The van der Waals surface area contributed by atoms with Gasteiger partial charge in [-0.25, -0.2) is 5.84 Å². The smallest absolute Gasteiger partial charge is 0.301 e. The van der Waals surface area contributed by atoms with Crippen LogP contribution < -0.4 is 11.3 Å². The summed E-state index contributed by atoms with van der Waals surface area (Å²) >= 11 is 1.83. The van der Waals surface area contributed by atoms with E-state index < -0.39 is 0 Å². The van der Waals surface area contributed by atoms with Crippen molar-refractivity contribution in [1.29, 1.82) is 0 Å². The number of nitrogen functional groups attached to an aromatic ring is 1. The molecule has 18 heavy (non-hydrogen) atoms. The predicted octanol–water partition coefficient (Wildman–Crippen LogP) is 1.46. The zero-order valence-corrected chi connectivity index (χ0v) is 11.9. The first-order chi connectivity index (χ1) is 8.63. The van der Waals surface area contributed by atoms with Gasteiger partial charge in [0, 0.05) is 23.9 Å². The molecular weight excluding hydrogens is 250 g/mol. The van der Waals surface area contributed by atoms with Gasteiger partial charge in [-0.05, 0) is 25.8 Å². The number of carbonyl (C=O) groups is 1. The summed E-state index contributed by atoms with van der Waals surface area (Å²) in [5.74, 6) is 6.10. The lowest BCUT2D eigenvalue weighted by Crippen LogP contribution is -2.34. The number of amides is 1. The van der Waals surface area contributed by atoms with Crippen LogP contribution in [0.2, 0.25) is 0 Å². The largest absolute Gasteiger partial charge is 0.459 e. The van der Waals surface area contributed by atoms with Gasteiger partial charge in [0.05, 0.1) is 6.26 Å². The van der Waals surface area contributed by atoms with E-state index in [4.69, 9.17) is 10.3 Å². The van der Waals surface area contributed by atoms with Crippen molar-refractivity contribution >= 4 is 17.7 Å². The predicted molar refractivity (Wildman–Crippen MR) is 74.3 cm³/mol. The Morgan fingerprint density at radius 2 is 2.39 bits per heavy atom. The number of carbonyl (C=O) groups excluding carboxylic acids is 1. The van der Waals surface area contributed by atoms with Gasteiger partial charge in [-0.2, -0.15) is 11.8 Å². The summed E-state index contributed by atoms with van der Waals surface area (Å²) in [6.45, 7) is 2.85. The van der Waals surface area contributed by atoms with Gasteiger partial charge in [0.15, 0.2) is 5.76 Å². The van der Waals surface area contributed by atoms with E-state index in [1.165, 1.54) is 6.26 Å². The summed E-state index contributed by atoms with van der Waals surface area (Å²) in [4.78, 5) is 13.7. The lowest BCUT2D eigenvalue weighted by atomic mass is 10.2. The van der Waals surface area contributed by atoms with Crippen LogP contribution in [-0.2, 0) is 6.54 Å². The molecular formula is C12H21N3O2S. The molecule has 1 atom stereocenters. The molecule has 0 aliphatic carbocycles. The Hall–Kier alpha value is -0.980. The topological polar surface area (TPSA) is 71.5 Å². The van der Waals surface area contributed by atoms with E-state index in [0.29, 0.717) is 18.3 Å². The second-order valence-corrected chi connectivity index (χ2v) is 5.09. The lowest BCUT2D eigenvalue weighted by Gasteiger charge is -2.26. The zero-order valence-electron chi connectivity index (χ0n) is 11.1. The maximum absolute atomic E-state index is 11.5. The number of rotatable bonds is 7. The Morgan fingerprint density at radius 1 is 1.67 bits per heavy atom. The van der Waals surface area contributed by atoms with Crippen molar-refractivity contribution in [2.45, 2.75) is 25.9 Å². The first kappa shape index (κ1) is 15.1. The molecule has 1 aromatic heterocycles. The Morgan fingerprint density at radius 3 is 2.94 bits per heavy atom. The first-order valence-electron chi connectivity index (χ1n) is 5.90. The van der Waals surface area contributed by atoms with Gasteiger partial charge in [0.25, 0.3) is 0 Å². The highest BCUT2D eigenvalue weighted by molar-refractivity contribution is 7.98. The van der Waals surface area contributed by atoms with E-state index in [1.54, 1.807) is 0 Å². The van der Waals surface area contributed by atoms with E-state index in [9.17, 15) is 4.79 Å². The van der Waals surface area contributed by atoms with Crippen molar-refractivity contribution in [2.75, 3.05) is 19.1 Å². The first-order valence-corrected chi connectivity index (χ1v) is 7.29. The molecule has 0 spiro atoms. The van der Waals surface area contributed by atoms with Crippen molar-refractivity contribution in [1.82, 2.24) is 10.3 Å². The third kappa shape index (κ3) is 3.76. The minimum absolute atomic E-state index is 0.295. The number of nitrogens with one attached hydrogen (secondary N) is 1. The van der Waals surface area contributed by atoms with Gasteiger partial charge in [-0.3, -0.25) is 15.1 Å². The van der Waals surface area contributed by atoms with Crippen LogP contribution in [0.25, 0.3) is 0 Å². The van der Waals surface area contributed by atoms with Crippen LogP contribution in [0.5, 0.6) is 0 Å². The molecule has 1 amide bonds. The molecule has 6 heteroatoms. The van der Waals surface area contributed by atoms with Gasteiger partial charge in [-0.15, -0.1) is 0 Å². The molecule has 0 aliphatic heterocycles. The molecule has 1 unspecified atom stereocenters. The van der Waals surface area contributed by atoms with E-state index >= 15 is 0 Å². The Labute approximate surface area is 112 Å². The maximum Gasteiger partial charge on any atom is 0.301 e. The lowest BCUT2D eigenvalue weighted by molar-refractivity contribution is 0.0922. The molecule has 0 aromatic carbocycles. The average molecular weight is 271 g/mol. The summed E-state index contributed by atoms with van der Waals surface area (Å²) in [6.07, 6.45) is 4.69. The van der Waals surface area contributed by atoms with Crippen LogP contribution in [0.15, 0.2) is 16.7 Å². The summed E-state index contributed by atoms with van der Waals surface area (Å²) < 4.78 is 5.17. The normalized spacial score (nSPS) is 12.7. The molecule has 0 radical (unpaired) electrons. The Bertz CT molecular complexity index is 381. The van der Waals surface area contributed by atoms with Crippen LogP contribution >= 0.6 is 11.8 Å². The minimum atomic E-state index is -0.388. The number of thioether (sulfide) groups is 1. The van der Waals surface area contributed by atoms with E-state index in [-0.39, 0.29) is 5.91 Å². The van der Waals surface area contributed by atoms with Gasteiger partial charge in [0.1, 0.15) is 0 Å². The molecule has 1 aromatic rings. The van der Waals surface area contributed by atoms with Crippen molar-refractivity contribution in [2.24, 2.45) is 5.84 Å². The van der Waals surface area contributed by atoms with Crippen molar-refractivity contribution < 1.29 is 9.21 Å². The highest BCUT2D eigenvalue weighted by Gasteiger charge is 2.18. The second-order valence-electron chi connectivity index (χ2n) is 4.18. The van der Waals surface area contributed by atoms with Gasteiger partial charge < -0.3 is 4.42 Å². The number of hydrogen-bond donors (Lipinski definition) is 2. The summed E-state index contributed by atoms with van der Waals surface area (Å²) in [6, 6.07) is 2.30. The van der Waals surface area contributed by atoms with Crippen LogP contribution in [-0.4, -0.2) is 35.9 Å². The van der Waals surface area contributed by atoms with Crippen molar-refractivity contribution in [3.05, 3.63) is 23.7 Å². The Balaban J connectivity index is 2.72. The van der Waals surface area contributed by atoms with Crippen LogP contribution in [0, 0.1) is 0 Å². The van der Waals surface area contributed by atoms with Crippen molar-refractivity contribution in [3.8, 4) is 0 Å². The number of hydrazine groups is 1. The molecule has 102 valence electrons. The van der Waals surface area contributed by atoms with E-state index in [0.717, 1.165) is 17.7 Å². The fourth-order valence-corrected chi connectivity index (χ4v) is 2.75. The standard InChI is InChI=1S/C12H21N3O2S/c1-4-10(8-18-3)15(2)7-9-5-6-17-11(9)12(16)14-13/h5-6,10H,4,7-8,13H2,1-3H3,(H,14,16). The minimum Gasteiger partial charge on any atom is -0.459 e. The second kappa shape index (κ2) is 7.45. The molecule has 0 fully saturated rings. The SMILES string of the molecule is CCC(CSC)N(C)Cc1ccoc1C(=O)NN. The number of nitrogens with zero attached hydrogens (tertiary/aromatic N) is 1. The van der Waals surface area contributed by atoms with Gasteiger partial charge in [0.2, 0.25) is 0 Å². The zero-order chi connectivity index (χ0) is 13.5. The highest BCUT2D eigenvalue weighted by Crippen LogP contribution is 2.16. The van der Waals surface area contributed by atoms with Crippen LogP contribution in [0.3, 0.4) is 0 Å². The molecule has 0 saturated carbocycles. The molecule has 0 aliphatic rings. The fraction of sp³-hybridized carbons (Fsp3) is 0.583. The highest BCUT2D eigenvalue weighted by atomic mass is 32.2. The Kier molecular flexibility index (Phi) is 6.24. The van der Waals surface area contributed by atoms with Crippen molar-refractivity contribution in [3.63, 3.8) is 0 Å². The number of hydrogen-bond acceptors (Lipinski definition) is 5.